The summed E-state index contributed by atoms with van der Waals surface area (Å²) in [6.07, 6.45) is 1.60. The van der Waals surface area contributed by atoms with Gasteiger partial charge in [0, 0.05) is 29.9 Å². The summed E-state index contributed by atoms with van der Waals surface area (Å²) >= 11 is -0.184. The second-order valence-corrected chi connectivity index (χ2v) is 7.08. The number of carbonyl (C=O) groups excluding carboxylic acids is 1. The molecule has 0 aliphatic rings. The van der Waals surface area contributed by atoms with E-state index in [-0.39, 0.29) is 22.7 Å². The third kappa shape index (κ3) is 5.98. The van der Waals surface area contributed by atoms with Gasteiger partial charge in [-0.15, -0.1) is 0 Å². The largest absolute Gasteiger partial charge is 0.446 e. The highest BCUT2D eigenvalue weighted by molar-refractivity contribution is 8.00. The van der Waals surface area contributed by atoms with Crippen LogP contribution in [-0.4, -0.2) is 40.2 Å². The summed E-state index contributed by atoms with van der Waals surface area (Å²) < 4.78 is 36.9. The molecule has 0 saturated carbocycles. The van der Waals surface area contributed by atoms with Crippen molar-refractivity contribution in [1.82, 2.24) is 15.1 Å². The van der Waals surface area contributed by atoms with Gasteiger partial charge in [-0.2, -0.15) is 18.3 Å². The van der Waals surface area contributed by atoms with Crippen LogP contribution in [0.25, 0.3) is 0 Å². The molecular weight excluding hydrogens is 365 g/mol. The van der Waals surface area contributed by atoms with Crippen molar-refractivity contribution in [3.8, 4) is 0 Å². The summed E-state index contributed by atoms with van der Waals surface area (Å²) in [7, 11) is 1.68. The van der Waals surface area contributed by atoms with Gasteiger partial charge in [0.1, 0.15) is 0 Å². The van der Waals surface area contributed by atoms with E-state index in [1.165, 1.54) is 24.3 Å². The number of hydrogen-bond acceptors (Lipinski definition) is 3. The molecule has 0 unspecified atom stereocenters. The molecule has 0 atom stereocenters. The van der Waals surface area contributed by atoms with E-state index < -0.39 is 5.51 Å². The number of nitrogens with zero attached hydrogens (tertiary/aromatic N) is 2. The second-order valence-electron chi connectivity index (χ2n) is 5.94. The van der Waals surface area contributed by atoms with Crippen molar-refractivity contribution in [3.63, 3.8) is 0 Å². The highest BCUT2D eigenvalue weighted by Gasteiger charge is 2.29. The quantitative estimate of drug-likeness (QED) is 0.705. The Morgan fingerprint density at radius 1 is 1.27 bits per heavy atom. The van der Waals surface area contributed by atoms with E-state index in [2.05, 4.69) is 15.5 Å². The lowest BCUT2D eigenvalue weighted by Crippen LogP contribution is -2.32. The molecule has 1 heterocycles. The predicted octanol–water partition coefficient (Wildman–Crippen LogP) is 4.73. The van der Waals surface area contributed by atoms with E-state index >= 15 is 0 Å². The fourth-order valence-corrected chi connectivity index (χ4v) is 3.04. The van der Waals surface area contributed by atoms with Crippen LogP contribution >= 0.6 is 11.8 Å². The molecule has 2 amide bonds. The van der Waals surface area contributed by atoms with Gasteiger partial charge in [0.05, 0.1) is 5.69 Å². The van der Waals surface area contributed by atoms with E-state index in [0.717, 1.165) is 29.8 Å². The molecule has 0 aliphatic carbocycles. The Kier molecular flexibility index (Phi) is 6.57. The number of aromatic amines is 1. The summed E-state index contributed by atoms with van der Waals surface area (Å²) in [4.78, 5) is 13.8. The number of alkyl halides is 3. The van der Waals surface area contributed by atoms with Crippen LogP contribution in [0.15, 0.2) is 29.2 Å². The normalized spacial score (nSPS) is 11.5. The van der Waals surface area contributed by atoms with Gasteiger partial charge in [-0.05, 0) is 68.3 Å². The summed E-state index contributed by atoms with van der Waals surface area (Å²) in [6, 6.07) is 5.27. The number of nitrogens with one attached hydrogen (secondary N) is 2. The van der Waals surface area contributed by atoms with Crippen LogP contribution < -0.4 is 5.32 Å². The van der Waals surface area contributed by atoms with Crippen LogP contribution in [0.3, 0.4) is 0 Å². The number of hydrogen-bond donors (Lipinski definition) is 2. The minimum Gasteiger partial charge on any atom is -0.328 e. The van der Waals surface area contributed by atoms with Gasteiger partial charge < -0.3 is 10.2 Å². The van der Waals surface area contributed by atoms with Crippen molar-refractivity contribution in [3.05, 3.63) is 41.2 Å². The zero-order chi connectivity index (χ0) is 19.3. The minimum atomic E-state index is -4.32. The maximum Gasteiger partial charge on any atom is 0.446 e. The first-order valence-corrected chi connectivity index (χ1v) is 8.85. The highest BCUT2D eigenvalue weighted by Crippen LogP contribution is 2.37. The lowest BCUT2D eigenvalue weighted by Gasteiger charge is -2.18. The smallest absolute Gasteiger partial charge is 0.328 e. The molecule has 1 aromatic carbocycles. The van der Waals surface area contributed by atoms with E-state index in [9.17, 15) is 18.0 Å². The molecule has 0 saturated heterocycles. The molecule has 0 spiro atoms. The maximum absolute atomic E-state index is 12.3. The Balaban J connectivity index is 1.81. The second kappa shape index (κ2) is 8.48. The Morgan fingerprint density at radius 2 is 1.92 bits per heavy atom. The number of urea groups is 1. The number of thioether (sulfide) groups is 1. The van der Waals surface area contributed by atoms with E-state index in [1.54, 1.807) is 11.9 Å². The SMILES string of the molecule is Cc1n[nH]c(C)c1CCCN(C)C(=O)Nc1ccc(SC(F)(F)F)cc1. The fourth-order valence-electron chi connectivity index (χ4n) is 2.50. The van der Waals surface area contributed by atoms with Crippen LogP contribution in [0.5, 0.6) is 0 Å². The van der Waals surface area contributed by atoms with E-state index in [4.69, 9.17) is 0 Å². The molecule has 26 heavy (non-hydrogen) atoms. The van der Waals surface area contributed by atoms with Gasteiger partial charge in [0.2, 0.25) is 0 Å². The molecule has 0 bridgehead atoms. The van der Waals surface area contributed by atoms with Crippen LogP contribution in [0.2, 0.25) is 0 Å². The number of rotatable bonds is 6. The average molecular weight is 386 g/mol. The van der Waals surface area contributed by atoms with Crippen molar-refractivity contribution < 1.29 is 18.0 Å². The Labute approximate surface area is 154 Å². The van der Waals surface area contributed by atoms with Crippen molar-refractivity contribution in [2.75, 3.05) is 18.9 Å². The summed E-state index contributed by atoms with van der Waals surface area (Å²) in [6.45, 7) is 4.46. The topological polar surface area (TPSA) is 61.0 Å². The van der Waals surface area contributed by atoms with Gasteiger partial charge in [-0.25, -0.2) is 4.79 Å². The third-order valence-electron chi connectivity index (χ3n) is 3.89. The van der Waals surface area contributed by atoms with Gasteiger partial charge in [0.15, 0.2) is 0 Å². The monoisotopic (exact) mass is 386 g/mol. The predicted molar refractivity (Wildman–Crippen MR) is 96.4 cm³/mol. The van der Waals surface area contributed by atoms with Crippen molar-refractivity contribution in [1.29, 1.82) is 0 Å². The molecule has 2 N–H and O–H groups in total. The number of amides is 2. The fraction of sp³-hybridized carbons (Fsp3) is 0.412. The Hall–Kier alpha value is -2.16. The van der Waals surface area contributed by atoms with Crippen molar-refractivity contribution in [2.45, 2.75) is 37.1 Å². The van der Waals surface area contributed by atoms with Crippen LogP contribution in [0.1, 0.15) is 23.4 Å². The minimum absolute atomic E-state index is 0.0784. The first kappa shape index (κ1) is 20.2. The number of anilines is 1. The number of benzene rings is 1. The number of halogens is 3. The standard InChI is InChI=1S/C17H21F3N4OS/c1-11-15(12(2)23-22-11)5-4-10-24(3)16(25)21-13-6-8-14(9-7-13)26-17(18,19)20/h6-9H,4-5,10H2,1-3H3,(H,21,25)(H,22,23). The van der Waals surface area contributed by atoms with Gasteiger partial charge in [-0.1, -0.05) is 0 Å². The first-order chi connectivity index (χ1) is 12.2. The summed E-state index contributed by atoms with van der Waals surface area (Å²) in [5, 5.41) is 9.75. The number of H-pyrrole nitrogens is 1. The maximum atomic E-state index is 12.3. The lowest BCUT2D eigenvalue weighted by atomic mass is 10.1. The number of aromatic nitrogens is 2. The number of carbonyl (C=O) groups is 1. The molecule has 1 aromatic heterocycles. The van der Waals surface area contributed by atoms with Crippen molar-refractivity contribution in [2.24, 2.45) is 0 Å². The van der Waals surface area contributed by atoms with Gasteiger partial charge in [-0.3, -0.25) is 5.10 Å². The van der Waals surface area contributed by atoms with Crippen LogP contribution in [-0.2, 0) is 6.42 Å². The molecule has 9 heteroatoms. The van der Waals surface area contributed by atoms with Crippen molar-refractivity contribution >= 4 is 23.5 Å². The zero-order valence-corrected chi connectivity index (χ0v) is 15.6. The summed E-state index contributed by atoms with van der Waals surface area (Å²) in [5.41, 5.74) is -0.708. The van der Waals surface area contributed by atoms with E-state index in [1.807, 2.05) is 13.8 Å². The molecule has 5 nitrogen and oxygen atoms in total. The van der Waals surface area contributed by atoms with Gasteiger partial charge >= 0.3 is 11.5 Å². The van der Waals surface area contributed by atoms with E-state index in [0.29, 0.717) is 12.2 Å². The molecule has 2 aromatic rings. The molecule has 142 valence electrons. The zero-order valence-electron chi connectivity index (χ0n) is 14.8. The van der Waals surface area contributed by atoms with Crippen LogP contribution in [0, 0.1) is 13.8 Å². The van der Waals surface area contributed by atoms with Crippen LogP contribution in [0.4, 0.5) is 23.7 Å². The van der Waals surface area contributed by atoms with Gasteiger partial charge in [0.25, 0.3) is 0 Å². The molecule has 0 radical (unpaired) electrons. The average Bonchev–Trinajstić information content (AvgIpc) is 2.87. The Bertz CT molecular complexity index is 724. The summed E-state index contributed by atoms with van der Waals surface area (Å²) in [5.74, 6) is 0. The molecule has 0 aliphatic heterocycles. The first-order valence-electron chi connectivity index (χ1n) is 8.04. The Morgan fingerprint density at radius 3 is 2.46 bits per heavy atom. The molecule has 2 rings (SSSR count). The molecular formula is C17H21F3N4OS. The third-order valence-corrected chi connectivity index (χ3v) is 4.63. The lowest BCUT2D eigenvalue weighted by molar-refractivity contribution is -0.0328. The molecule has 0 fully saturated rings. The highest BCUT2D eigenvalue weighted by atomic mass is 32.2. The number of aryl methyl sites for hydroxylation is 2.